The van der Waals surface area contributed by atoms with Crippen LogP contribution in [0.15, 0.2) is 59.7 Å². The van der Waals surface area contributed by atoms with E-state index in [2.05, 4.69) is 62.6 Å². The van der Waals surface area contributed by atoms with Gasteiger partial charge in [-0.3, -0.25) is 4.79 Å². The first-order chi connectivity index (χ1) is 13.3. The Morgan fingerprint density at radius 1 is 0.929 bits per heavy atom. The SMILES string of the molecule is CC1(C)OB(CC[C@@H](CCCc2ccccc2)n2ccc(=O)cc2)OC1(C)C. The lowest BCUT2D eigenvalue weighted by Crippen LogP contribution is -2.41. The van der Waals surface area contributed by atoms with Gasteiger partial charge in [-0.25, -0.2) is 0 Å². The molecule has 0 N–H and O–H groups in total. The molecule has 4 nitrogen and oxygen atoms in total. The molecule has 1 aromatic heterocycles. The van der Waals surface area contributed by atoms with Crippen molar-refractivity contribution in [3.05, 3.63) is 70.6 Å². The molecule has 28 heavy (non-hydrogen) atoms. The summed E-state index contributed by atoms with van der Waals surface area (Å²) >= 11 is 0. The van der Waals surface area contributed by atoms with E-state index in [1.807, 2.05) is 12.4 Å². The van der Waals surface area contributed by atoms with Crippen LogP contribution in [0.1, 0.15) is 58.6 Å². The summed E-state index contributed by atoms with van der Waals surface area (Å²) in [5, 5.41) is 0. The van der Waals surface area contributed by atoms with Crippen molar-refractivity contribution in [1.82, 2.24) is 4.57 Å². The molecule has 0 spiro atoms. The van der Waals surface area contributed by atoms with Crippen LogP contribution in [0.5, 0.6) is 0 Å². The predicted octanol–water partition coefficient (Wildman–Crippen LogP) is 4.89. The summed E-state index contributed by atoms with van der Waals surface area (Å²) in [6.07, 6.45) is 8.82. The highest BCUT2D eigenvalue weighted by molar-refractivity contribution is 6.45. The third-order valence-corrected chi connectivity index (χ3v) is 6.13. The molecule has 3 rings (SSSR count). The second-order valence-electron chi connectivity index (χ2n) is 8.78. The molecular weight excluding hydrogens is 349 g/mol. The Morgan fingerprint density at radius 3 is 2.14 bits per heavy atom. The number of aryl methyl sites for hydroxylation is 1. The smallest absolute Gasteiger partial charge is 0.403 e. The quantitative estimate of drug-likeness (QED) is 0.611. The first-order valence-electron chi connectivity index (χ1n) is 10.3. The van der Waals surface area contributed by atoms with E-state index >= 15 is 0 Å². The minimum absolute atomic E-state index is 0.0465. The van der Waals surface area contributed by atoms with Crippen LogP contribution in [-0.2, 0) is 15.7 Å². The Balaban J connectivity index is 1.61. The van der Waals surface area contributed by atoms with Gasteiger partial charge in [-0.2, -0.15) is 0 Å². The lowest BCUT2D eigenvalue weighted by Gasteiger charge is -2.32. The van der Waals surface area contributed by atoms with Crippen LogP contribution in [0.4, 0.5) is 0 Å². The molecule has 0 amide bonds. The molecule has 2 heterocycles. The van der Waals surface area contributed by atoms with Gasteiger partial charge in [0.25, 0.3) is 0 Å². The van der Waals surface area contributed by atoms with Crippen molar-refractivity contribution in [3.8, 4) is 0 Å². The van der Waals surface area contributed by atoms with E-state index in [9.17, 15) is 4.79 Å². The average molecular weight is 381 g/mol. The van der Waals surface area contributed by atoms with Crippen LogP contribution in [0, 0.1) is 0 Å². The van der Waals surface area contributed by atoms with Crippen LogP contribution < -0.4 is 5.43 Å². The summed E-state index contributed by atoms with van der Waals surface area (Å²) in [7, 11) is -0.180. The first kappa shape index (κ1) is 20.9. The molecule has 5 heteroatoms. The van der Waals surface area contributed by atoms with Crippen molar-refractivity contribution >= 4 is 7.12 Å². The van der Waals surface area contributed by atoms with Gasteiger partial charge in [0.15, 0.2) is 5.43 Å². The Kier molecular flexibility index (Phi) is 6.46. The molecule has 2 aromatic rings. The van der Waals surface area contributed by atoms with Crippen LogP contribution in [0.3, 0.4) is 0 Å². The molecule has 0 bridgehead atoms. The van der Waals surface area contributed by atoms with Crippen molar-refractivity contribution in [2.45, 2.75) is 76.9 Å². The van der Waals surface area contributed by atoms with Crippen molar-refractivity contribution in [3.63, 3.8) is 0 Å². The first-order valence-corrected chi connectivity index (χ1v) is 10.3. The maximum atomic E-state index is 11.5. The van der Waals surface area contributed by atoms with Gasteiger partial charge in [0, 0.05) is 30.6 Å². The standard InChI is InChI=1S/C23H32BNO3/c1-22(2)23(3,4)28-24(27-22)16-13-20(25-17-14-21(26)15-18-25)12-8-11-19-9-6-5-7-10-19/h5-7,9-10,14-15,17-18,20H,8,11-13,16H2,1-4H3/t20-/m1/s1. The summed E-state index contributed by atoms with van der Waals surface area (Å²) in [5.41, 5.74) is 0.827. The number of nitrogens with zero attached hydrogens (tertiary/aromatic N) is 1. The van der Waals surface area contributed by atoms with E-state index in [4.69, 9.17) is 9.31 Å². The lowest BCUT2D eigenvalue weighted by molar-refractivity contribution is 0.00578. The third-order valence-electron chi connectivity index (χ3n) is 6.13. The second kappa shape index (κ2) is 8.67. The van der Waals surface area contributed by atoms with Crippen molar-refractivity contribution in [2.24, 2.45) is 0 Å². The van der Waals surface area contributed by atoms with E-state index in [0.29, 0.717) is 6.04 Å². The fourth-order valence-electron chi connectivity index (χ4n) is 3.71. The second-order valence-corrected chi connectivity index (χ2v) is 8.78. The summed E-state index contributed by atoms with van der Waals surface area (Å²) in [5.74, 6) is 0. The molecule has 0 saturated carbocycles. The highest BCUT2D eigenvalue weighted by Gasteiger charge is 2.50. The molecule has 0 unspecified atom stereocenters. The molecule has 1 fully saturated rings. The van der Waals surface area contributed by atoms with E-state index in [-0.39, 0.29) is 23.7 Å². The zero-order valence-electron chi connectivity index (χ0n) is 17.6. The monoisotopic (exact) mass is 381 g/mol. The van der Waals surface area contributed by atoms with E-state index in [1.165, 1.54) is 5.56 Å². The van der Waals surface area contributed by atoms with Crippen LogP contribution in [-0.4, -0.2) is 22.9 Å². The minimum atomic E-state index is -0.294. The zero-order chi connectivity index (χ0) is 20.2. The number of hydrogen-bond acceptors (Lipinski definition) is 3. The molecule has 1 aliphatic rings. The lowest BCUT2D eigenvalue weighted by atomic mass is 9.80. The molecule has 1 aromatic carbocycles. The largest absolute Gasteiger partial charge is 0.457 e. The molecule has 1 saturated heterocycles. The van der Waals surface area contributed by atoms with Gasteiger partial charge in [0.1, 0.15) is 0 Å². The van der Waals surface area contributed by atoms with Gasteiger partial charge >= 0.3 is 7.12 Å². The van der Waals surface area contributed by atoms with E-state index in [1.54, 1.807) is 12.1 Å². The average Bonchev–Trinajstić information content (AvgIpc) is 2.86. The highest BCUT2D eigenvalue weighted by atomic mass is 16.7. The Morgan fingerprint density at radius 2 is 1.54 bits per heavy atom. The van der Waals surface area contributed by atoms with Crippen molar-refractivity contribution in [2.75, 3.05) is 0 Å². The number of rotatable bonds is 8. The summed E-state index contributed by atoms with van der Waals surface area (Å²) in [6.45, 7) is 8.36. The number of aromatic nitrogens is 1. The number of benzene rings is 1. The van der Waals surface area contributed by atoms with E-state index in [0.717, 1.165) is 32.0 Å². The van der Waals surface area contributed by atoms with Crippen molar-refractivity contribution < 1.29 is 9.31 Å². The Bertz CT molecular complexity index is 780. The van der Waals surface area contributed by atoms with Gasteiger partial charge in [-0.15, -0.1) is 0 Å². The summed E-state index contributed by atoms with van der Waals surface area (Å²) < 4.78 is 14.5. The van der Waals surface area contributed by atoms with Crippen molar-refractivity contribution in [1.29, 1.82) is 0 Å². The van der Waals surface area contributed by atoms with Gasteiger partial charge in [-0.05, 0) is 65.3 Å². The maximum absolute atomic E-state index is 11.5. The van der Waals surface area contributed by atoms with Crippen LogP contribution in [0.2, 0.25) is 6.32 Å². The highest BCUT2D eigenvalue weighted by Crippen LogP contribution is 2.38. The topological polar surface area (TPSA) is 40.5 Å². The number of hydrogen-bond donors (Lipinski definition) is 0. The normalized spacial score (nSPS) is 18.9. The van der Waals surface area contributed by atoms with E-state index < -0.39 is 0 Å². The maximum Gasteiger partial charge on any atom is 0.457 e. The van der Waals surface area contributed by atoms with Crippen LogP contribution >= 0.6 is 0 Å². The molecule has 1 atom stereocenters. The fourth-order valence-corrected chi connectivity index (χ4v) is 3.71. The van der Waals surface area contributed by atoms with Gasteiger partial charge in [-0.1, -0.05) is 30.3 Å². The summed E-state index contributed by atoms with van der Waals surface area (Å²) in [4.78, 5) is 11.5. The Labute approximate surface area is 169 Å². The van der Waals surface area contributed by atoms with Gasteiger partial charge in [0.05, 0.1) is 11.2 Å². The minimum Gasteiger partial charge on any atom is -0.403 e. The predicted molar refractivity (Wildman–Crippen MR) is 115 cm³/mol. The molecular formula is C23H32BNO3. The third kappa shape index (κ3) is 5.15. The molecule has 0 aliphatic carbocycles. The number of pyridine rings is 1. The fraction of sp³-hybridized carbons (Fsp3) is 0.522. The zero-order valence-corrected chi connectivity index (χ0v) is 17.6. The molecule has 1 aliphatic heterocycles. The van der Waals surface area contributed by atoms with Gasteiger partial charge in [0.2, 0.25) is 0 Å². The molecule has 150 valence electrons. The van der Waals surface area contributed by atoms with Gasteiger partial charge < -0.3 is 13.9 Å². The van der Waals surface area contributed by atoms with Crippen LogP contribution in [0.25, 0.3) is 0 Å². The molecule has 0 radical (unpaired) electrons. The summed E-state index contributed by atoms with van der Waals surface area (Å²) in [6, 6.07) is 14.2. The Hall–Kier alpha value is -1.85.